The maximum Gasteiger partial charge on any atom is 0.169 e. The van der Waals surface area contributed by atoms with Crippen molar-refractivity contribution in [1.29, 1.82) is 0 Å². The average molecular weight is 258 g/mol. The van der Waals surface area contributed by atoms with E-state index in [1.165, 1.54) is 5.56 Å². The van der Waals surface area contributed by atoms with Gasteiger partial charge in [-0.05, 0) is 47.2 Å². The van der Waals surface area contributed by atoms with Gasteiger partial charge in [-0.25, -0.2) is 4.98 Å². The first-order chi connectivity index (χ1) is 5.25. The van der Waals surface area contributed by atoms with Crippen LogP contribution in [-0.4, -0.2) is 9.97 Å². The van der Waals surface area contributed by atoms with Crippen molar-refractivity contribution in [3.63, 3.8) is 0 Å². The average Bonchev–Trinajstić information content (AvgIpc) is 2.27. The summed E-state index contributed by atoms with van der Waals surface area (Å²) in [6.07, 6.45) is 0. The molecule has 2 nitrogen and oxygen atoms in total. The number of nitrogens with zero attached hydrogens (tertiary/aromatic N) is 1. The van der Waals surface area contributed by atoms with Crippen molar-refractivity contribution in [3.8, 4) is 0 Å². The van der Waals surface area contributed by atoms with Gasteiger partial charge < -0.3 is 4.98 Å². The molecule has 0 aliphatic heterocycles. The number of fused-ring (bicyclic) bond motifs is 1. The van der Waals surface area contributed by atoms with E-state index in [1.807, 2.05) is 6.07 Å². The molecule has 0 atom stereocenters. The molecule has 0 aliphatic carbocycles. The summed E-state index contributed by atoms with van der Waals surface area (Å²) < 4.78 is 0.947. The van der Waals surface area contributed by atoms with Gasteiger partial charge in [0.2, 0.25) is 0 Å². The zero-order chi connectivity index (χ0) is 7.84. The highest BCUT2D eigenvalue weighted by atomic mass is 127. The second kappa shape index (κ2) is 2.48. The monoisotopic (exact) mass is 258 g/mol. The van der Waals surface area contributed by atoms with E-state index in [1.54, 1.807) is 0 Å². The number of imidazole rings is 1. The fourth-order valence-corrected chi connectivity index (χ4v) is 1.64. The van der Waals surface area contributed by atoms with Crippen LogP contribution in [0.1, 0.15) is 5.56 Å². The van der Waals surface area contributed by atoms with E-state index in [4.69, 9.17) is 0 Å². The lowest BCUT2D eigenvalue weighted by molar-refractivity contribution is 1.26. The summed E-state index contributed by atoms with van der Waals surface area (Å²) >= 11 is 2.18. The van der Waals surface area contributed by atoms with Gasteiger partial charge in [0.1, 0.15) is 0 Å². The van der Waals surface area contributed by atoms with E-state index in [-0.39, 0.29) is 0 Å². The minimum absolute atomic E-state index is 0.947. The van der Waals surface area contributed by atoms with Crippen molar-refractivity contribution >= 4 is 33.6 Å². The highest BCUT2D eigenvalue weighted by Gasteiger charge is 1.97. The predicted molar refractivity (Wildman–Crippen MR) is 53.5 cm³/mol. The summed E-state index contributed by atoms with van der Waals surface area (Å²) in [6, 6.07) is 6.20. The Morgan fingerprint density at radius 3 is 3.09 bits per heavy atom. The van der Waals surface area contributed by atoms with Crippen LogP contribution in [0.5, 0.6) is 0 Å². The van der Waals surface area contributed by atoms with Gasteiger partial charge in [0.05, 0.1) is 11.0 Å². The molecule has 1 N–H and O–H groups in total. The first kappa shape index (κ1) is 7.09. The Labute approximate surface area is 78.2 Å². The maximum atomic E-state index is 4.29. The molecule has 1 aromatic heterocycles. The van der Waals surface area contributed by atoms with E-state index in [0.29, 0.717) is 0 Å². The smallest absolute Gasteiger partial charge is 0.169 e. The van der Waals surface area contributed by atoms with Gasteiger partial charge in [0.25, 0.3) is 0 Å². The van der Waals surface area contributed by atoms with Crippen molar-refractivity contribution in [2.45, 2.75) is 6.92 Å². The number of aromatic nitrogens is 2. The number of aromatic amines is 1. The van der Waals surface area contributed by atoms with Gasteiger partial charge in [0, 0.05) is 0 Å². The third kappa shape index (κ3) is 1.24. The molecule has 11 heavy (non-hydrogen) atoms. The number of nitrogens with one attached hydrogen (secondary N) is 1. The van der Waals surface area contributed by atoms with Gasteiger partial charge in [-0.3, -0.25) is 0 Å². The fourth-order valence-electron chi connectivity index (χ4n) is 1.09. The van der Waals surface area contributed by atoms with Crippen LogP contribution < -0.4 is 0 Å². The first-order valence-electron chi connectivity index (χ1n) is 3.37. The Morgan fingerprint density at radius 2 is 2.27 bits per heavy atom. The lowest BCUT2D eigenvalue weighted by Gasteiger charge is -1.89. The summed E-state index contributed by atoms with van der Waals surface area (Å²) in [5.41, 5.74) is 3.42. The summed E-state index contributed by atoms with van der Waals surface area (Å²) in [5.74, 6) is 0. The van der Waals surface area contributed by atoms with Crippen molar-refractivity contribution in [3.05, 3.63) is 27.6 Å². The molecule has 0 bridgehead atoms. The Morgan fingerprint density at radius 1 is 1.45 bits per heavy atom. The molecular formula is C8H7IN2. The molecule has 0 saturated carbocycles. The molecular weight excluding hydrogens is 251 g/mol. The van der Waals surface area contributed by atoms with E-state index < -0.39 is 0 Å². The number of hydrogen-bond donors (Lipinski definition) is 1. The number of H-pyrrole nitrogens is 1. The maximum absolute atomic E-state index is 4.29. The molecule has 0 amide bonds. The SMILES string of the molecule is Cc1ccc2nc(I)[nH]c2c1. The summed E-state index contributed by atoms with van der Waals surface area (Å²) in [5, 5.41) is 0. The molecule has 0 fully saturated rings. The van der Waals surface area contributed by atoms with Gasteiger partial charge in [0.15, 0.2) is 3.83 Å². The lowest BCUT2D eigenvalue weighted by Crippen LogP contribution is -1.71. The van der Waals surface area contributed by atoms with Gasteiger partial charge >= 0.3 is 0 Å². The Balaban J connectivity index is 2.82. The van der Waals surface area contributed by atoms with Crippen LogP contribution in [0, 0.1) is 10.8 Å². The number of rotatable bonds is 0. The molecule has 0 aliphatic rings. The second-order valence-corrected chi connectivity index (χ2v) is 3.57. The summed E-state index contributed by atoms with van der Waals surface area (Å²) in [6.45, 7) is 2.08. The standard InChI is InChI=1S/C8H7IN2/c1-5-2-3-6-7(4-5)11-8(9)10-6/h2-4H,1H3,(H,10,11). The molecule has 0 radical (unpaired) electrons. The molecule has 0 unspecified atom stereocenters. The van der Waals surface area contributed by atoms with Crippen LogP contribution in [0.25, 0.3) is 11.0 Å². The van der Waals surface area contributed by atoms with Crippen LogP contribution in [0.3, 0.4) is 0 Å². The van der Waals surface area contributed by atoms with Crippen molar-refractivity contribution in [2.24, 2.45) is 0 Å². The third-order valence-electron chi connectivity index (χ3n) is 1.61. The van der Waals surface area contributed by atoms with Gasteiger partial charge in [-0.15, -0.1) is 0 Å². The number of aryl methyl sites for hydroxylation is 1. The molecule has 3 heteroatoms. The van der Waals surface area contributed by atoms with Crippen LogP contribution in [0.15, 0.2) is 18.2 Å². The van der Waals surface area contributed by atoms with Crippen LogP contribution >= 0.6 is 22.6 Å². The largest absolute Gasteiger partial charge is 0.333 e. The molecule has 56 valence electrons. The number of halogens is 1. The van der Waals surface area contributed by atoms with Crippen LogP contribution in [0.2, 0.25) is 0 Å². The quantitative estimate of drug-likeness (QED) is 0.722. The zero-order valence-electron chi connectivity index (χ0n) is 6.06. The molecule has 1 aromatic carbocycles. The van der Waals surface area contributed by atoms with E-state index in [0.717, 1.165) is 14.9 Å². The van der Waals surface area contributed by atoms with E-state index in [9.17, 15) is 0 Å². The summed E-state index contributed by atoms with van der Waals surface area (Å²) in [4.78, 5) is 7.46. The Hall–Kier alpha value is -0.580. The topological polar surface area (TPSA) is 28.7 Å². The zero-order valence-corrected chi connectivity index (χ0v) is 8.21. The minimum Gasteiger partial charge on any atom is -0.333 e. The number of benzene rings is 1. The Kier molecular flexibility index (Phi) is 1.60. The Bertz CT molecular complexity index is 392. The van der Waals surface area contributed by atoms with Crippen molar-refractivity contribution in [1.82, 2.24) is 9.97 Å². The third-order valence-corrected chi connectivity index (χ3v) is 2.12. The van der Waals surface area contributed by atoms with Gasteiger partial charge in [-0.2, -0.15) is 0 Å². The lowest BCUT2D eigenvalue weighted by atomic mass is 10.2. The van der Waals surface area contributed by atoms with E-state index >= 15 is 0 Å². The van der Waals surface area contributed by atoms with Crippen molar-refractivity contribution < 1.29 is 0 Å². The number of hydrogen-bond acceptors (Lipinski definition) is 1. The molecule has 2 aromatic rings. The van der Waals surface area contributed by atoms with Gasteiger partial charge in [-0.1, -0.05) is 6.07 Å². The van der Waals surface area contributed by atoms with Crippen LogP contribution in [0.4, 0.5) is 0 Å². The molecule has 2 rings (SSSR count). The minimum atomic E-state index is 0.947. The fraction of sp³-hybridized carbons (Fsp3) is 0.125. The summed E-state index contributed by atoms with van der Waals surface area (Å²) in [7, 11) is 0. The normalized spacial score (nSPS) is 10.7. The van der Waals surface area contributed by atoms with Crippen LogP contribution in [-0.2, 0) is 0 Å². The molecule has 0 saturated heterocycles. The van der Waals surface area contributed by atoms with E-state index in [2.05, 4.69) is 51.6 Å². The highest BCUT2D eigenvalue weighted by molar-refractivity contribution is 14.1. The molecule has 1 heterocycles. The predicted octanol–water partition coefficient (Wildman–Crippen LogP) is 2.48. The molecule has 0 spiro atoms. The highest BCUT2D eigenvalue weighted by Crippen LogP contribution is 2.13. The first-order valence-corrected chi connectivity index (χ1v) is 4.45. The van der Waals surface area contributed by atoms with Crippen molar-refractivity contribution in [2.75, 3.05) is 0 Å². The second-order valence-electron chi connectivity index (χ2n) is 2.55.